The van der Waals surface area contributed by atoms with Crippen LogP contribution in [0.4, 0.5) is 0 Å². The molecule has 2 rings (SSSR count). The molecule has 0 atom stereocenters. The number of amides is 2. The van der Waals surface area contributed by atoms with E-state index < -0.39 is 0 Å². The summed E-state index contributed by atoms with van der Waals surface area (Å²) in [6, 6.07) is 3.34. The number of nitrogens with zero attached hydrogens (tertiary/aromatic N) is 3. The number of nitrogens with one attached hydrogen (secondary N) is 1. The van der Waals surface area contributed by atoms with Crippen molar-refractivity contribution in [2.24, 2.45) is 0 Å². The monoisotopic (exact) mass is 240 g/mol. The molecule has 0 aromatic carbocycles. The van der Waals surface area contributed by atoms with Gasteiger partial charge in [-0.15, -0.1) is 5.10 Å². The average Bonchev–Trinajstić information content (AvgIpc) is 2.20. The number of carbonyl (C=O) groups is 2. The predicted octanol–water partition coefficient (Wildman–Crippen LogP) is -0.412. The van der Waals surface area contributed by atoms with E-state index in [4.69, 9.17) is 11.6 Å². The highest BCUT2D eigenvalue weighted by Crippen LogP contribution is 2.06. The molecule has 0 bridgehead atoms. The minimum Gasteiger partial charge on any atom is -0.294 e. The molecule has 84 valence electrons. The van der Waals surface area contributed by atoms with Crippen LogP contribution in [0.15, 0.2) is 12.1 Å². The van der Waals surface area contributed by atoms with Crippen LogP contribution in [0, 0.1) is 0 Å². The van der Waals surface area contributed by atoms with Gasteiger partial charge in [-0.25, -0.2) is 0 Å². The molecule has 0 unspecified atom stereocenters. The van der Waals surface area contributed by atoms with Crippen LogP contribution >= 0.6 is 11.6 Å². The molecule has 0 aliphatic carbocycles. The molecule has 1 aliphatic rings. The quantitative estimate of drug-likeness (QED) is 0.712. The van der Waals surface area contributed by atoms with Gasteiger partial charge in [0.1, 0.15) is 0 Å². The Morgan fingerprint density at radius 2 is 1.94 bits per heavy atom. The maximum atomic E-state index is 11.1. The van der Waals surface area contributed by atoms with Gasteiger partial charge in [0.15, 0.2) is 5.15 Å². The molecule has 2 heterocycles. The van der Waals surface area contributed by atoms with Gasteiger partial charge in [-0.3, -0.25) is 19.8 Å². The van der Waals surface area contributed by atoms with Crippen LogP contribution in [-0.4, -0.2) is 40.0 Å². The summed E-state index contributed by atoms with van der Waals surface area (Å²) >= 11 is 5.60. The van der Waals surface area contributed by atoms with Crippen LogP contribution in [0.2, 0.25) is 5.15 Å². The van der Waals surface area contributed by atoms with Crippen molar-refractivity contribution in [1.29, 1.82) is 0 Å². The van der Waals surface area contributed by atoms with E-state index in [-0.39, 0.29) is 24.9 Å². The molecule has 7 heteroatoms. The van der Waals surface area contributed by atoms with Crippen molar-refractivity contribution in [3.63, 3.8) is 0 Å². The summed E-state index contributed by atoms with van der Waals surface area (Å²) in [6.45, 7) is 0.787. The Labute approximate surface area is 96.6 Å². The van der Waals surface area contributed by atoms with Crippen LogP contribution in [0.1, 0.15) is 5.69 Å². The molecule has 0 spiro atoms. The third kappa shape index (κ3) is 2.74. The van der Waals surface area contributed by atoms with Crippen molar-refractivity contribution < 1.29 is 9.59 Å². The van der Waals surface area contributed by atoms with Crippen molar-refractivity contribution in [2.75, 3.05) is 13.1 Å². The minimum atomic E-state index is -0.293. The molecule has 16 heavy (non-hydrogen) atoms. The van der Waals surface area contributed by atoms with E-state index in [0.717, 1.165) is 0 Å². The lowest BCUT2D eigenvalue weighted by atomic mass is 10.3. The third-order valence-corrected chi connectivity index (χ3v) is 2.29. The maximum Gasteiger partial charge on any atom is 0.240 e. The highest BCUT2D eigenvalue weighted by atomic mass is 35.5. The highest BCUT2D eigenvalue weighted by Gasteiger charge is 2.22. The molecular formula is C9H9ClN4O2. The fourth-order valence-corrected chi connectivity index (χ4v) is 1.57. The molecule has 1 fully saturated rings. The zero-order valence-corrected chi connectivity index (χ0v) is 9.07. The van der Waals surface area contributed by atoms with Gasteiger partial charge in [-0.2, -0.15) is 5.10 Å². The number of piperazine rings is 1. The molecule has 0 saturated carbocycles. The first-order chi connectivity index (χ1) is 7.63. The molecule has 1 aromatic heterocycles. The Morgan fingerprint density at radius 3 is 2.50 bits per heavy atom. The standard InChI is InChI=1S/C9H9ClN4O2/c10-7-2-1-6(12-13-7)3-14-4-8(15)11-9(16)5-14/h1-2H,3-5H2,(H,11,15,16). The number of hydrogen-bond donors (Lipinski definition) is 1. The van der Waals surface area contributed by atoms with Crippen molar-refractivity contribution >= 4 is 23.4 Å². The fraction of sp³-hybridized carbons (Fsp3) is 0.333. The lowest BCUT2D eigenvalue weighted by Crippen LogP contribution is -2.50. The second-order valence-electron chi connectivity index (χ2n) is 3.46. The summed E-state index contributed by atoms with van der Waals surface area (Å²) in [5.74, 6) is -0.587. The van der Waals surface area contributed by atoms with E-state index in [1.54, 1.807) is 17.0 Å². The molecule has 2 amide bonds. The Kier molecular flexibility index (Phi) is 3.12. The maximum absolute atomic E-state index is 11.1. The van der Waals surface area contributed by atoms with Gasteiger partial charge in [0.05, 0.1) is 18.8 Å². The molecule has 0 radical (unpaired) electrons. The van der Waals surface area contributed by atoms with Crippen LogP contribution in [0.3, 0.4) is 0 Å². The summed E-state index contributed by atoms with van der Waals surface area (Å²) in [7, 11) is 0. The molecule has 1 aromatic rings. The smallest absolute Gasteiger partial charge is 0.240 e. The van der Waals surface area contributed by atoms with Gasteiger partial charge in [0.25, 0.3) is 0 Å². The van der Waals surface area contributed by atoms with E-state index >= 15 is 0 Å². The first kappa shape index (κ1) is 11.0. The highest BCUT2D eigenvalue weighted by molar-refractivity contribution is 6.29. The first-order valence-electron chi connectivity index (χ1n) is 4.66. The van der Waals surface area contributed by atoms with Gasteiger partial charge in [0.2, 0.25) is 11.8 Å². The summed E-state index contributed by atoms with van der Waals surface area (Å²) < 4.78 is 0. The Morgan fingerprint density at radius 1 is 1.25 bits per heavy atom. The normalized spacial score (nSPS) is 17.3. The lowest BCUT2D eigenvalue weighted by Gasteiger charge is -2.24. The van der Waals surface area contributed by atoms with Crippen LogP contribution in [0.25, 0.3) is 0 Å². The average molecular weight is 241 g/mol. The number of aromatic nitrogens is 2. The van der Waals surface area contributed by atoms with Crippen molar-refractivity contribution in [1.82, 2.24) is 20.4 Å². The van der Waals surface area contributed by atoms with Crippen molar-refractivity contribution in [3.8, 4) is 0 Å². The minimum absolute atomic E-state index is 0.191. The number of rotatable bonds is 2. The van der Waals surface area contributed by atoms with E-state index in [1.165, 1.54) is 0 Å². The first-order valence-corrected chi connectivity index (χ1v) is 5.04. The largest absolute Gasteiger partial charge is 0.294 e. The topological polar surface area (TPSA) is 75.2 Å². The molecule has 1 saturated heterocycles. The molecule has 1 N–H and O–H groups in total. The van der Waals surface area contributed by atoms with E-state index in [9.17, 15) is 9.59 Å². The molecule has 1 aliphatic heterocycles. The molecular weight excluding hydrogens is 232 g/mol. The number of halogens is 1. The summed E-state index contributed by atoms with van der Waals surface area (Å²) in [5.41, 5.74) is 0.673. The number of hydrogen-bond acceptors (Lipinski definition) is 5. The van der Waals surface area contributed by atoms with Crippen LogP contribution in [-0.2, 0) is 16.1 Å². The van der Waals surface area contributed by atoms with Gasteiger partial charge in [0, 0.05) is 6.54 Å². The predicted molar refractivity (Wildman–Crippen MR) is 55.5 cm³/mol. The van der Waals surface area contributed by atoms with Gasteiger partial charge in [-0.1, -0.05) is 11.6 Å². The number of carbonyl (C=O) groups excluding carboxylic acids is 2. The molecule has 6 nitrogen and oxygen atoms in total. The number of imide groups is 1. The fourth-order valence-electron chi connectivity index (χ4n) is 1.47. The second kappa shape index (κ2) is 4.54. The summed E-state index contributed by atoms with van der Waals surface area (Å²) in [6.07, 6.45) is 0. The van der Waals surface area contributed by atoms with Crippen molar-refractivity contribution in [2.45, 2.75) is 6.54 Å². The van der Waals surface area contributed by atoms with E-state index in [0.29, 0.717) is 17.4 Å². The van der Waals surface area contributed by atoms with Gasteiger partial charge < -0.3 is 0 Å². The van der Waals surface area contributed by atoms with Crippen molar-refractivity contribution in [3.05, 3.63) is 23.0 Å². The SMILES string of the molecule is O=C1CN(Cc2ccc(Cl)nn2)CC(=O)N1. The Bertz CT molecular complexity index is 404. The van der Waals surface area contributed by atoms with Crippen LogP contribution in [0.5, 0.6) is 0 Å². The Balaban J connectivity index is 2.01. The zero-order chi connectivity index (χ0) is 11.5. The van der Waals surface area contributed by atoms with E-state index in [2.05, 4.69) is 15.5 Å². The second-order valence-corrected chi connectivity index (χ2v) is 3.85. The van der Waals surface area contributed by atoms with Gasteiger partial charge in [-0.05, 0) is 12.1 Å². The van der Waals surface area contributed by atoms with Gasteiger partial charge >= 0.3 is 0 Å². The third-order valence-electron chi connectivity index (χ3n) is 2.09. The zero-order valence-electron chi connectivity index (χ0n) is 8.31. The lowest BCUT2D eigenvalue weighted by molar-refractivity contribution is -0.136. The summed E-state index contributed by atoms with van der Waals surface area (Å²) in [5, 5.41) is 10.1. The van der Waals surface area contributed by atoms with Crippen LogP contribution < -0.4 is 5.32 Å². The van der Waals surface area contributed by atoms with E-state index in [1.807, 2.05) is 0 Å². The summed E-state index contributed by atoms with van der Waals surface area (Å²) in [4.78, 5) is 23.9. The Hall–Kier alpha value is -1.53.